The molecule has 0 atom stereocenters. The van der Waals surface area contributed by atoms with Crippen LogP contribution in [0.4, 0.5) is 0 Å². The van der Waals surface area contributed by atoms with Crippen LogP contribution in [0, 0.1) is 0 Å². The van der Waals surface area contributed by atoms with Crippen molar-refractivity contribution in [1.82, 2.24) is 10.2 Å². The van der Waals surface area contributed by atoms with Gasteiger partial charge in [0.05, 0.1) is 5.02 Å². The van der Waals surface area contributed by atoms with E-state index in [1.54, 1.807) is 0 Å². The van der Waals surface area contributed by atoms with Crippen molar-refractivity contribution in [3.05, 3.63) is 69.2 Å². The topological polar surface area (TPSA) is 15.3 Å². The first-order valence-electron chi connectivity index (χ1n) is 9.40. The van der Waals surface area contributed by atoms with Crippen molar-refractivity contribution >= 4 is 27.5 Å². The van der Waals surface area contributed by atoms with Crippen molar-refractivity contribution in [1.29, 1.82) is 0 Å². The van der Waals surface area contributed by atoms with E-state index in [1.165, 1.54) is 24.0 Å². The molecule has 2 aromatic carbocycles. The van der Waals surface area contributed by atoms with E-state index in [4.69, 9.17) is 11.6 Å². The number of hydrogen-bond acceptors (Lipinski definition) is 2. The summed E-state index contributed by atoms with van der Waals surface area (Å²) >= 11 is 9.83. The van der Waals surface area contributed by atoms with E-state index in [9.17, 15) is 0 Å². The second-order valence-electron chi connectivity index (χ2n) is 7.88. The van der Waals surface area contributed by atoms with E-state index in [2.05, 4.69) is 88.5 Å². The summed E-state index contributed by atoms with van der Waals surface area (Å²) in [6, 6.07) is 17.8. The van der Waals surface area contributed by atoms with Gasteiger partial charge in [0.25, 0.3) is 0 Å². The van der Waals surface area contributed by atoms with E-state index in [-0.39, 0.29) is 5.41 Å². The van der Waals surface area contributed by atoms with Crippen molar-refractivity contribution < 1.29 is 0 Å². The molecule has 0 aromatic heterocycles. The number of nitrogens with one attached hydrogen (secondary N) is 1. The van der Waals surface area contributed by atoms with Crippen LogP contribution in [0.15, 0.2) is 53.0 Å². The zero-order valence-corrected chi connectivity index (χ0v) is 18.0. The highest BCUT2D eigenvalue weighted by molar-refractivity contribution is 9.10. The summed E-state index contributed by atoms with van der Waals surface area (Å²) < 4.78 is 0.959. The Balaban J connectivity index is 1.81. The molecule has 1 heterocycles. The summed E-state index contributed by atoms with van der Waals surface area (Å²) in [5.74, 6) is 0. The molecule has 1 fully saturated rings. The maximum absolute atomic E-state index is 6.34. The molecular weight excluding hydrogens is 408 g/mol. The number of rotatable bonds is 6. The smallest absolute Gasteiger partial charge is 0.0551 e. The molecule has 3 rings (SSSR count). The summed E-state index contributed by atoms with van der Waals surface area (Å²) in [4.78, 5) is 2.66. The van der Waals surface area contributed by atoms with Gasteiger partial charge in [-0.1, -0.05) is 61.8 Å². The highest BCUT2D eigenvalue weighted by Crippen LogP contribution is 2.29. The minimum Gasteiger partial charge on any atom is -0.317 e. The van der Waals surface area contributed by atoms with Gasteiger partial charge >= 0.3 is 0 Å². The molecule has 0 spiro atoms. The van der Waals surface area contributed by atoms with Gasteiger partial charge in [-0.05, 0) is 65.1 Å². The van der Waals surface area contributed by atoms with Crippen LogP contribution >= 0.6 is 27.5 Å². The van der Waals surface area contributed by atoms with Crippen LogP contribution in [0.5, 0.6) is 0 Å². The van der Waals surface area contributed by atoms with E-state index in [1.807, 2.05) is 0 Å². The average Bonchev–Trinajstić information content (AvgIpc) is 2.65. The Morgan fingerprint density at radius 1 is 1.12 bits per heavy atom. The maximum atomic E-state index is 6.34. The second kappa shape index (κ2) is 8.88. The predicted molar refractivity (Wildman–Crippen MR) is 115 cm³/mol. The molecule has 4 heteroatoms. The fourth-order valence-corrected chi connectivity index (χ4v) is 4.30. The third kappa shape index (κ3) is 5.10. The Labute approximate surface area is 171 Å². The molecule has 0 bridgehead atoms. The predicted octanol–water partition coefficient (Wildman–Crippen LogP) is 5.63. The average molecular weight is 436 g/mol. The highest BCUT2D eigenvalue weighted by atomic mass is 79.9. The van der Waals surface area contributed by atoms with Gasteiger partial charge in [0, 0.05) is 29.0 Å². The van der Waals surface area contributed by atoms with Crippen LogP contribution in [-0.2, 0) is 12.0 Å². The normalized spacial score (nSPS) is 16.2. The van der Waals surface area contributed by atoms with E-state index in [0.717, 1.165) is 35.7 Å². The summed E-state index contributed by atoms with van der Waals surface area (Å²) in [5.41, 5.74) is 2.78. The number of nitrogens with zero attached hydrogens (tertiary/aromatic N) is 1. The van der Waals surface area contributed by atoms with Gasteiger partial charge in [-0.25, -0.2) is 0 Å². The summed E-state index contributed by atoms with van der Waals surface area (Å²) in [6.07, 6.45) is 2.41. The monoisotopic (exact) mass is 434 g/mol. The van der Waals surface area contributed by atoms with Crippen LogP contribution in [0.25, 0.3) is 0 Å². The van der Waals surface area contributed by atoms with Crippen LogP contribution in [0.1, 0.15) is 37.8 Å². The zero-order valence-electron chi connectivity index (χ0n) is 15.6. The first-order valence-corrected chi connectivity index (χ1v) is 10.6. The van der Waals surface area contributed by atoms with Gasteiger partial charge in [-0.15, -0.1) is 0 Å². The number of halogens is 2. The molecule has 26 heavy (non-hydrogen) atoms. The molecule has 2 nitrogen and oxygen atoms in total. The van der Waals surface area contributed by atoms with Gasteiger partial charge in [0.2, 0.25) is 0 Å². The molecule has 0 amide bonds. The lowest BCUT2D eigenvalue weighted by atomic mass is 9.83. The number of benzene rings is 2. The first-order chi connectivity index (χ1) is 12.5. The SMILES string of the molecule is CC(C)(CN(Cc1ccc(Br)c(Cl)c1)C1CCNCC1)c1ccccc1. The van der Waals surface area contributed by atoms with Crippen molar-refractivity contribution in [2.75, 3.05) is 19.6 Å². The van der Waals surface area contributed by atoms with Gasteiger partial charge in [-0.3, -0.25) is 4.90 Å². The summed E-state index contributed by atoms with van der Waals surface area (Å²) in [7, 11) is 0. The minimum absolute atomic E-state index is 0.102. The lowest BCUT2D eigenvalue weighted by Crippen LogP contribution is -2.47. The van der Waals surface area contributed by atoms with Crippen molar-refractivity contribution in [2.45, 2.75) is 44.7 Å². The van der Waals surface area contributed by atoms with E-state index < -0.39 is 0 Å². The molecule has 1 aliphatic heterocycles. The summed E-state index contributed by atoms with van der Waals surface area (Å²) in [5, 5.41) is 4.28. The minimum atomic E-state index is 0.102. The second-order valence-corrected chi connectivity index (χ2v) is 9.15. The maximum Gasteiger partial charge on any atom is 0.0551 e. The zero-order chi connectivity index (χ0) is 18.6. The molecule has 0 unspecified atom stereocenters. The first kappa shape index (κ1) is 19.9. The van der Waals surface area contributed by atoms with Crippen LogP contribution < -0.4 is 5.32 Å². The molecule has 1 aliphatic rings. The lowest BCUT2D eigenvalue weighted by molar-refractivity contribution is 0.126. The molecular formula is C22H28BrClN2. The fraction of sp³-hybridized carbons (Fsp3) is 0.455. The van der Waals surface area contributed by atoms with Gasteiger partial charge in [0.1, 0.15) is 0 Å². The Hall–Kier alpha value is -0.870. The number of hydrogen-bond donors (Lipinski definition) is 1. The van der Waals surface area contributed by atoms with Gasteiger partial charge in [-0.2, -0.15) is 0 Å². The Kier molecular flexibility index (Phi) is 6.79. The largest absolute Gasteiger partial charge is 0.317 e. The third-order valence-corrected chi connectivity index (χ3v) is 6.58. The van der Waals surface area contributed by atoms with Crippen LogP contribution in [0.2, 0.25) is 5.02 Å². The molecule has 140 valence electrons. The standard InChI is InChI=1S/C22H28BrClN2/c1-22(2,18-6-4-3-5-7-18)16-26(19-10-12-25-13-11-19)15-17-8-9-20(23)21(24)14-17/h3-9,14,19,25H,10-13,15-16H2,1-2H3. The number of piperidine rings is 1. The summed E-state index contributed by atoms with van der Waals surface area (Å²) in [6.45, 7) is 8.89. The van der Waals surface area contributed by atoms with Gasteiger partial charge in [0.15, 0.2) is 0 Å². The molecule has 1 saturated heterocycles. The lowest BCUT2D eigenvalue weighted by Gasteiger charge is -2.40. The van der Waals surface area contributed by atoms with Crippen molar-refractivity contribution in [3.8, 4) is 0 Å². The van der Waals surface area contributed by atoms with Crippen molar-refractivity contribution in [3.63, 3.8) is 0 Å². The van der Waals surface area contributed by atoms with Gasteiger partial charge < -0.3 is 5.32 Å². The molecule has 2 aromatic rings. The molecule has 0 radical (unpaired) electrons. The highest BCUT2D eigenvalue weighted by Gasteiger charge is 2.29. The molecule has 0 aliphatic carbocycles. The Morgan fingerprint density at radius 3 is 2.46 bits per heavy atom. The fourth-order valence-electron chi connectivity index (χ4n) is 3.85. The third-order valence-electron chi connectivity index (χ3n) is 5.35. The van der Waals surface area contributed by atoms with Crippen molar-refractivity contribution in [2.24, 2.45) is 0 Å². The van der Waals surface area contributed by atoms with E-state index in [0.29, 0.717) is 6.04 Å². The van der Waals surface area contributed by atoms with Crippen LogP contribution in [-0.4, -0.2) is 30.6 Å². The molecule has 0 saturated carbocycles. The van der Waals surface area contributed by atoms with E-state index >= 15 is 0 Å². The van der Waals surface area contributed by atoms with Crippen LogP contribution in [0.3, 0.4) is 0 Å². The molecule has 1 N–H and O–H groups in total. The Morgan fingerprint density at radius 2 is 1.81 bits per heavy atom. The quantitative estimate of drug-likeness (QED) is 0.632. The Bertz CT molecular complexity index is 711.